The molecule has 0 atom stereocenters. The molecule has 1 aromatic rings. The second kappa shape index (κ2) is 7.70. The van der Waals surface area contributed by atoms with E-state index >= 15 is 0 Å². The van der Waals surface area contributed by atoms with Gasteiger partial charge < -0.3 is 4.79 Å². The SMILES string of the molecule is CC(=O)CCCCCCNS(=O)(=O)c1c(C)nn(C)c1C. The number of unbranched alkanes of at least 4 members (excludes halogenated alkanes) is 3. The highest BCUT2D eigenvalue weighted by Gasteiger charge is 2.22. The first-order chi connectivity index (χ1) is 9.75. The molecule has 0 amide bonds. The number of Topliss-reactive ketones (excluding diaryl/α,β-unsaturated/α-hetero) is 1. The average Bonchev–Trinajstić information content (AvgIpc) is 2.62. The summed E-state index contributed by atoms with van der Waals surface area (Å²) in [6.45, 7) is 5.45. The van der Waals surface area contributed by atoms with Crippen molar-refractivity contribution in [2.45, 2.75) is 57.8 Å². The van der Waals surface area contributed by atoms with Crippen LogP contribution in [-0.4, -0.2) is 30.5 Å². The van der Waals surface area contributed by atoms with Gasteiger partial charge in [-0.15, -0.1) is 0 Å². The Morgan fingerprint density at radius 3 is 2.33 bits per heavy atom. The van der Waals surface area contributed by atoms with Crippen LogP contribution in [0, 0.1) is 13.8 Å². The lowest BCUT2D eigenvalue weighted by Crippen LogP contribution is -2.25. The van der Waals surface area contributed by atoms with Crippen LogP contribution in [0.5, 0.6) is 0 Å². The molecule has 0 aromatic carbocycles. The average molecular weight is 315 g/mol. The number of hydrogen-bond donors (Lipinski definition) is 1. The molecule has 6 nitrogen and oxygen atoms in total. The fourth-order valence-electron chi connectivity index (χ4n) is 2.27. The van der Waals surface area contributed by atoms with Gasteiger partial charge in [-0.05, 0) is 33.6 Å². The third kappa shape index (κ3) is 5.24. The maximum atomic E-state index is 12.3. The van der Waals surface area contributed by atoms with Gasteiger partial charge in [0.15, 0.2) is 0 Å². The number of carbonyl (C=O) groups excluding carboxylic acids is 1. The number of carbonyl (C=O) groups is 1. The first-order valence-electron chi connectivity index (χ1n) is 7.25. The van der Waals surface area contributed by atoms with Crippen LogP contribution in [0.1, 0.15) is 50.4 Å². The number of nitrogens with zero attached hydrogens (tertiary/aromatic N) is 2. The maximum Gasteiger partial charge on any atom is 0.244 e. The Kier molecular flexibility index (Phi) is 6.54. The molecule has 0 unspecified atom stereocenters. The van der Waals surface area contributed by atoms with E-state index in [-0.39, 0.29) is 10.7 Å². The normalized spacial score (nSPS) is 11.8. The molecule has 0 saturated carbocycles. The minimum Gasteiger partial charge on any atom is -0.300 e. The predicted octanol–water partition coefficient (Wildman–Crippen LogP) is 1.85. The van der Waals surface area contributed by atoms with E-state index in [2.05, 4.69) is 9.82 Å². The van der Waals surface area contributed by atoms with Gasteiger partial charge in [0.05, 0.1) is 11.4 Å². The zero-order valence-corrected chi connectivity index (χ0v) is 14.1. The van der Waals surface area contributed by atoms with Crippen LogP contribution in [0.25, 0.3) is 0 Å². The fraction of sp³-hybridized carbons (Fsp3) is 0.714. The third-order valence-electron chi connectivity index (χ3n) is 3.46. The van der Waals surface area contributed by atoms with Crippen LogP contribution < -0.4 is 4.72 Å². The van der Waals surface area contributed by atoms with Crippen LogP contribution in [0.4, 0.5) is 0 Å². The minimum atomic E-state index is -3.49. The molecule has 7 heteroatoms. The van der Waals surface area contributed by atoms with Crippen molar-refractivity contribution in [3.05, 3.63) is 11.4 Å². The molecular weight excluding hydrogens is 290 g/mol. The third-order valence-corrected chi connectivity index (χ3v) is 5.17. The molecule has 1 aromatic heterocycles. The van der Waals surface area contributed by atoms with Crippen molar-refractivity contribution < 1.29 is 13.2 Å². The monoisotopic (exact) mass is 315 g/mol. The van der Waals surface area contributed by atoms with E-state index in [0.29, 0.717) is 24.4 Å². The summed E-state index contributed by atoms with van der Waals surface area (Å²) < 4.78 is 28.7. The highest BCUT2D eigenvalue weighted by Crippen LogP contribution is 2.18. The summed E-state index contributed by atoms with van der Waals surface area (Å²) in [6, 6.07) is 0. The van der Waals surface area contributed by atoms with E-state index in [0.717, 1.165) is 25.7 Å². The Labute approximate surface area is 127 Å². The molecule has 120 valence electrons. The van der Waals surface area contributed by atoms with Gasteiger partial charge in [0.25, 0.3) is 0 Å². The summed E-state index contributed by atoms with van der Waals surface area (Å²) in [7, 11) is -1.76. The largest absolute Gasteiger partial charge is 0.300 e. The van der Waals surface area contributed by atoms with E-state index < -0.39 is 10.0 Å². The lowest BCUT2D eigenvalue weighted by atomic mass is 10.1. The van der Waals surface area contributed by atoms with Crippen LogP contribution >= 0.6 is 0 Å². The Morgan fingerprint density at radius 1 is 1.19 bits per heavy atom. The first-order valence-corrected chi connectivity index (χ1v) is 8.73. The van der Waals surface area contributed by atoms with E-state index in [1.165, 1.54) is 0 Å². The quantitative estimate of drug-likeness (QED) is 0.705. The van der Waals surface area contributed by atoms with Gasteiger partial charge in [0.2, 0.25) is 10.0 Å². The lowest BCUT2D eigenvalue weighted by Gasteiger charge is -2.07. The zero-order valence-electron chi connectivity index (χ0n) is 13.3. The summed E-state index contributed by atoms with van der Waals surface area (Å²) in [5.41, 5.74) is 1.16. The molecule has 1 heterocycles. The second-order valence-electron chi connectivity index (χ2n) is 5.39. The van der Waals surface area contributed by atoms with Gasteiger partial charge in [-0.3, -0.25) is 4.68 Å². The molecule has 1 rings (SSSR count). The number of sulfonamides is 1. The van der Waals surface area contributed by atoms with Crippen LogP contribution in [-0.2, 0) is 21.9 Å². The molecule has 0 spiro atoms. The van der Waals surface area contributed by atoms with Gasteiger partial charge in [-0.2, -0.15) is 5.10 Å². The molecule has 0 aliphatic carbocycles. The molecule has 0 aliphatic rings. The van der Waals surface area contributed by atoms with E-state index in [1.54, 1.807) is 32.5 Å². The lowest BCUT2D eigenvalue weighted by molar-refractivity contribution is -0.117. The number of aromatic nitrogens is 2. The number of hydrogen-bond acceptors (Lipinski definition) is 4. The molecule has 0 bridgehead atoms. The second-order valence-corrected chi connectivity index (χ2v) is 7.09. The summed E-state index contributed by atoms with van der Waals surface area (Å²) in [5, 5.41) is 4.13. The van der Waals surface area contributed by atoms with Crippen molar-refractivity contribution >= 4 is 15.8 Å². The maximum absolute atomic E-state index is 12.3. The summed E-state index contributed by atoms with van der Waals surface area (Å²) in [4.78, 5) is 11.1. The topological polar surface area (TPSA) is 81.1 Å². The minimum absolute atomic E-state index is 0.207. The summed E-state index contributed by atoms with van der Waals surface area (Å²) in [6.07, 6.45) is 4.13. The number of aryl methyl sites for hydroxylation is 2. The molecule has 0 radical (unpaired) electrons. The van der Waals surface area contributed by atoms with Crippen molar-refractivity contribution in [3.63, 3.8) is 0 Å². The van der Waals surface area contributed by atoms with Gasteiger partial charge in [-0.25, -0.2) is 13.1 Å². The Hall–Kier alpha value is -1.21. The highest BCUT2D eigenvalue weighted by atomic mass is 32.2. The summed E-state index contributed by atoms with van der Waals surface area (Å²) in [5.74, 6) is 0.207. The summed E-state index contributed by atoms with van der Waals surface area (Å²) >= 11 is 0. The first kappa shape index (κ1) is 17.8. The van der Waals surface area contributed by atoms with Crippen molar-refractivity contribution in [1.82, 2.24) is 14.5 Å². The van der Waals surface area contributed by atoms with Crippen molar-refractivity contribution in [2.75, 3.05) is 6.54 Å². The zero-order chi connectivity index (χ0) is 16.0. The molecule has 0 saturated heterocycles. The highest BCUT2D eigenvalue weighted by molar-refractivity contribution is 7.89. The smallest absolute Gasteiger partial charge is 0.244 e. The standard InChI is InChI=1S/C14H25N3O3S/c1-11(18)9-7-5-6-8-10-15-21(19,20)14-12(2)16-17(4)13(14)3/h15H,5-10H2,1-4H3. The van der Waals surface area contributed by atoms with Crippen LogP contribution in [0.15, 0.2) is 4.90 Å². The van der Waals surface area contributed by atoms with Crippen LogP contribution in [0.3, 0.4) is 0 Å². The number of ketones is 1. The predicted molar refractivity (Wildman–Crippen MR) is 81.6 cm³/mol. The molecule has 21 heavy (non-hydrogen) atoms. The number of rotatable bonds is 9. The van der Waals surface area contributed by atoms with E-state index in [9.17, 15) is 13.2 Å². The van der Waals surface area contributed by atoms with Crippen LogP contribution in [0.2, 0.25) is 0 Å². The molecule has 0 aliphatic heterocycles. The van der Waals surface area contributed by atoms with Gasteiger partial charge >= 0.3 is 0 Å². The van der Waals surface area contributed by atoms with Crippen molar-refractivity contribution in [1.29, 1.82) is 0 Å². The molecule has 0 fully saturated rings. The fourth-order valence-corrected chi connectivity index (χ4v) is 3.78. The van der Waals surface area contributed by atoms with Gasteiger partial charge in [0.1, 0.15) is 10.7 Å². The van der Waals surface area contributed by atoms with E-state index in [1.807, 2.05) is 0 Å². The Bertz CT molecular complexity index is 591. The molecular formula is C14H25N3O3S. The van der Waals surface area contributed by atoms with Gasteiger partial charge in [-0.1, -0.05) is 12.8 Å². The van der Waals surface area contributed by atoms with Crippen molar-refractivity contribution in [2.24, 2.45) is 7.05 Å². The van der Waals surface area contributed by atoms with E-state index in [4.69, 9.17) is 0 Å². The Morgan fingerprint density at radius 2 is 1.81 bits per heavy atom. The Balaban J connectivity index is 2.42. The van der Waals surface area contributed by atoms with Crippen molar-refractivity contribution in [3.8, 4) is 0 Å². The van der Waals surface area contributed by atoms with Gasteiger partial charge in [0, 0.05) is 20.0 Å². The molecule has 1 N–H and O–H groups in total. The number of nitrogens with one attached hydrogen (secondary N) is 1.